The lowest BCUT2D eigenvalue weighted by atomic mass is 9.93. The summed E-state index contributed by atoms with van der Waals surface area (Å²) in [6.45, 7) is 5.02. The van der Waals surface area contributed by atoms with E-state index in [4.69, 9.17) is 9.47 Å². The van der Waals surface area contributed by atoms with Gasteiger partial charge in [0, 0.05) is 30.9 Å². The Kier molecular flexibility index (Phi) is 7.06. The minimum absolute atomic E-state index is 0.0783. The van der Waals surface area contributed by atoms with Gasteiger partial charge in [0.05, 0.1) is 49.0 Å². The summed E-state index contributed by atoms with van der Waals surface area (Å²) in [5, 5.41) is 0. The van der Waals surface area contributed by atoms with Crippen molar-refractivity contribution in [3.05, 3.63) is 71.2 Å². The number of amides is 1. The summed E-state index contributed by atoms with van der Waals surface area (Å²) < 4.78 is 44.0. The molecule has 1 saturated heterocycles. The molecule has 9 heteroatoms. The van der Waals surface area contributed by atoms with Crippen molar-refractivity contribution in [2.45, 2.75) is 39.2 Å². The first-order chi connectivity index (χ1) is 17.9. The predicted molar refractivity (Wildman–Crippen MR) is 137 cm³/mol. The molecule has 2 aromatic heterocycles. The molecule has 2 aliphatic heterocycles. The van der Waals surface area contributed by atoms with Gasteiger partial charge in [-0.1, -0.05) is 13.0 Å². The number of carbonyl (C=O) groups is 1. The molecule has 0 spiro atoms. The van der Waals surface area contributed by atoms with Gasteiger partial charge in [0.1, 0.15) is 17.3 Å². The van der Waals surface area contributed by atoms with Crippen molar-refractivity contribution in [1.82, 2.24) is 14.3 Å². The fourth-order valence-electron chi connectivity index (χ4n) is 5.07. The number of rotatable bonds is 4. The lowest BCUT2D eigenvalue weighted by molar-refractivity contribution is -0.0241. The molecule has 5 rings (SSSR count). The topological polar surface area (TPSA) is 68.4 Å². The van der Waals surface area contributed by atoms with E-state index in [0.717, 1.165) is 18.4 Å². The van der Waals surface area contributed by atoms with Gasteiger partial charge in [0.2, 0.25) is 0 Å². The maximum absolute atomic E-state index is 15.7. The van der Waals surface area contributed by atoms with Gasteiger partial charge in [0.15, 0.2) is 0 Å². The molecule has 0 aliphatic carbocycles. The molecule has 0 saturated carbocycles. The summed E-state index contributed by atoms with van der Waals surface area (Å²) >= 11 is 0. The van der Waals surface area contributed by atoms with Crippen LogP contribution in [-0.2, 0) is 15.9 Å². The smallest absolute Gasteiger partial charge is 0.409 e. The number of aliphatic imine (C=N–C) groups is 1. The van der Waals surface area contributed by atoms with Crippen LogP contribution in [0.4, 0.5) is 13.6 Å². The zero-order valence-electron chi connectivity index (χ0n) is 21.2. The molecule has 0 N–H and O–H groups in total. The number of aryl methyl sites for hydroxylation is 1. The van der Waals surface area contributed by atoms with Crippen LogP contribution in [0, 0.1) is 24.5 Å². The summed E-state index contributed by atoms with van der Waals surface area (Å²) in [4.78, 5) is 22.7. The van der Waals surface area contributed by atoms with Crippen molar-refractivity contribution in [2.24, 2.45) is 10.9 Å². The maximum Gasteiger partial charge on any atom is 0.409 e. The van der Waals surface area contributed by atoms with Crippen LogP contribution < -0.4 is 0 Å². The van der Waals surface area contributed by atoms with E-state index in [1.807, 2.05) is 42.7 Å². The zero-order valence-corrected chi connectivity index (χ0v) is 21.2. The van der Waals surface area contributed by atoms with E-state index in [2.05, 4.69) is 9.98 Å². The average Bonchev–Trinajstić information content (AvgIpc) is 3.05. The summed E-state index contributed by atoms with van der Waals surface area (Å²) in [6.07, 6.45) is 6.74. The number of hydrogen-bond donors (Lipinski definition) is 0. The maximum atomic E-state index is 15.7. The number of ether oxygens (including phenoxy) is 2. The molecule has 2 atom stereocenters. The zero-order chi connectivity index (χ0) is 26.1. The van der Waals surface area contributed by atoms with Gasteiger partial charge in [-0.3, -0.25) is 4.99 Å². The average molecular weight is 509 g/mol. The molecule has 1 amide bonds. The van der Waals surface area contributed by atoms with Crippen LogP contribution in [0.3, 0.4) is 0 Å². The molecule has 3 aromatic rings. The number of hydrogen-bond acceptors (Lipinski definition) is 5. The molecule has 194 valence electrons. The van der Waals surface area contributed by atoms with E-state index < -0.39 is 17.7 Å². The van der Waals surface area contributed by atoms with Crippen molar-refractivity contribution in [3.63, 3.8) is 0 Å². The second-order valence-electron chi connectivity index (χ2n) is 9.64. The van der Waals surface area contributed by atoms with Crippen LogP contribution in [0.1, 0.15) is 36.6 Å². The van der Waals surface area contributed by atoms with Gasteiger partial charge >= 0.3 is 6.09 Å². The monoisotopic (exact) mass is 508 g/mol. The number of morpholine rings is 1. The van der Waals surface area contributed by atoms with Crippen LogP contribution in [0.25, 0.3) is 16.9 Å². The number of carbonyl (C=O) groups excluding carboxylic acids is 1. The van der Waals surface area contributed by atoms with Gasteiger partial charge < -0.3 is 18.8 Å². The fourth-order valence-corrected chi connectivity index (χ4v) is 5.07. The van der Waals surface area contributed by atoms with E-state index in [-0.39, 0.29) is 23.3 Å². The third kappa shape index (κ3) is 5.00. The summed E-state index contributed by atoms with van der Waals surface area (Å²) in [5.41, 5.74) is 3.32. The summed E-state index contributed by atoms with van der Waals surface area (Å²) in [5.74, 6) is -1.31. The Morgan fingerprint density at radius 2 is 2.03 bits per heavy atom. The van der Waals surface area contributed by atoms with E-state index in [0.29, 0.717) is 48.7 Å². The van der Waals surface area contributed by atoms with Gasteiger partial charge in [-0.2, -0.15) is 0 Å². The van der Waals surface area contributed by atoms with Crippen molar-refractivity contribution < 1.29 is 23.0 Å². The van der Waals surface area contributed by atoms with E-state index in [9.17, 15) is 4.79 Å². The molecular weight excluding hydrogens is 478 g/mol. The molecule has 1 aromatic carbocycles. The lowest BCUT2D eigenvalue weighted by Gasteiger charge is -2.32. The van der Waals surface area contributed by atoms with Crippen LogP contribution >= 0.6 is 0 Å². The molecule has 1 fully saturated rings. The third-order valence-electron chi connectivity index (χ3n) is 7.00. The van der Waals surface area contributed by atoms with Crippen molar-refractivity contribution in [1.29, 1.82) is 0 Å². The molecule has 0 bridgehead atoms. The second kappa shape index (κ2) is 10.4. The highest BCUT2D eigenvalue weighted by atomic mass is 19.1. The Hall–Kier alpha value is -3.59. The van der Waals surface area contributed by atoms with Crippen molar-refractivity contribution in [3.8, 4) is 11.3 Å². The predicted octanol–water partition coefficient (Wildman–Crippen LogP) is 5.33. The van der Waals surface area contributed by atoms with Crippen LogP contribution in [0.2, 0.25) is 0 Å². The van der Waals surface area contributed by atoms with E-state index in [1.54, 1.807) is 11.1 Å². The highest BCUT2D eigenvalue weighted by molar-refractivity contribution is 6.03. The minimum Gasteiger partial charge on any atom is -0.453 e. The van der Waals surface area contributed by atoms with Crippen molar-refractivity contribution >= 4 is 17.5 Å². The summed E-state index contributed by atoms with van der Waals surface area (Å²) in [7, 11) is 1.34. The number of methoxy groups -OCH3 is 1. The number of fused-ring (bicyclic) bond motifs is 1. The number of aromatic nitrogens is 2. The van der Waals surface area contributed by atoms with Crippen LogP contribution in [-0.4, -0.2) is 59.0 Å². The number of pyridine rings is 1. The number of imidazole rings is 1. The Morgan fingerprint density at radius 3 is 2.78 bits per heavy atom. The fraction of sp³-hybridized carbons (Fsp3) is 0.393. The molecule has 0 radical (unpaired) electrons. The van der Waals surface area contributed by atoms with Gasteiger partial charge in [-0.05, 0) is 55.5 Å². The van der Waals surface area contributed by atoms with Crippen LogP contribution in [0.15, 0.2) is 47.7 Å². The van der Waals surface area contributed by atoms with Gasteiger partial charge in [-0.15, -0.1) is 0 Å². The quantitative estimate of drug-likeness (QED) is 0.478. The first-order valence-corrected chi connectivity index (χ1v) is 12.5. The number of halogens is 2. The minimum atomic E-state index is -0.694. The standard InChI is InChI=1S/C28H30F2N4O3/c1-17-7-9-34-23(15-20-16-33(10-11-37-20)28(35)36-3)27(32-24(34)12-17)25-21(29)13-19(14-22(25)30)26-18(2)6-4-5-8-31-26/h5,7-9,12-14,18,20H,4,6,10-11,15-16H2,1-3H3/t18?,20-/m0/s1. The van der Waals surface area contributed by atoms with E-state index in [1.165, 1.54) is 19.2 Å². The molecule has 1 unspecified atom stereocenters. The molecule has 4 heterocycles. The first-order valence-electron chi connectivity index (χ1n) is 12.5. The Balaban J connectivity index is 1.57. The SMILES string of the molecule is COC(=O)N1CCO[C@@H](Cc2c(-c3c(F)cc(C4=NC=CCCC4C)cc3F)nc3cc(C)ccn23)C1. The number of nitrogens with zero attached hydrogens (tertiary/aromatic N) is 4. The Bertz CT molecular complexity index is 1370. The third-order valence-corrected chi connectivity index (χ3v) is 7.00. The molecule has 7 nitrogen and oxygen atoms in total. The van der Waals surface area contributed by atoms with E-state index >= 15 is 8.78 Å². The van der Waals surface area contributed by atoms with Crippen LogP contribution in [0.5, 0.6) is 0 Å². The highest BCUT2D eigenvalue weighted by Crippen LogP contribution is 2.33. The molecular formula is C28H30F2N4O3. The van der Waals surface area contributed by atoms with Crippen molar-refractivity contribution in [2.75, 3.05) is 26.8 Å². The normalized spacial score (nSPS) is 20.1. The number of allylic oxidation sites excluding steroid dienone is 1. The molecule has 37 heavy (non-hydrogen) atoms. The summed E-state index contributed by atoms with van der Waals surface area (Å²) in [6, 6.07) is 6.48. The Morgan fingerprint density at radius 1 is 1.24 bits per heavy atom. The second-order valence-corrected chi connectivity index (χ2v) is 9.64. The first kappa shape index (κ1) is 25.1. The molecule has 2 aliphatic rings. The highest BCUT2D eigenvalue weighted by Gasteiger charge is 2.29. The number of benzene rings is 1. The Labute approximate surface area is 214 Å². The largest absolute Gasteiger partial charge is 0.453 e. The van der Waals surface area contributed by atoms with Gasteiger partial charge in [0.25, 0.3) is 0 Å². The lowest BCUT2D eigenvalue weighted by Crippen LogP contribution is -2.46. The van der Waals surface area contributed by atoms with Gasteiger partial charge in [-0.25, -0.2) is 18.6 Å².